The van der Waals surface area contributed by atoms with Crippen molar-refractivity contribution in [3.8, 4) is 0 Å². The Hall–Kier alpha value is -0.640. The topological polar surface area (TPSA) is 60.7 Å². The minimum absolute atomic E-state index is 0.0118. The summed E-state index contributed by atoms with van der Waals surface area (Å²) in [6.07, 6.45) is 12.5. The fourth-order valence-electron chi connectivity index (χ4n) is 9.34. The lowest BCUT2D eigenvalue weighted by Crippen LogP contribution is -2.55. The molecule has 3 N–H and O–H groups in total. The highest BCUT2D eigenvalue weighted by Gasteiger charge is 2.63. The van der Waals surface area contributed by atoms with Gasteiger partial charge >= 0.3 is 0 Å². The molecule has 188 valence electrons. The Balaban J connectivity index is 1.65. The van der Waals surface area contributed by atoms with E-state index in [0.717, 1.165) is 12.8 Å². The van der Waals surface area contributed by atoms with E-state index in [2.05, 4.69) is 41.5 Å². The Labute approximate surface area is 202 Å². The number of aliphatic hydroxyl groups is 3. The van der Waals surface area contributed by atoms with Crippen molar-refractivity contribution < 1.29 is 15.3 Å². The second-order valence-electron chi connectivity index (χ2n) is 13.6. The average Bonchev–Trinajstić information content (AvgIpc) is 3.05. The van der Waals surface area contributed by atoms with Gasteiger partial charge in [-0.15, -0.1) is 0 Å². The van der Waals surface area contributed by atoms with E-state index in [-0.39, 0.29) is 46.2 Å². The molecule has 4 rings (SSSR count). The third kappa shape index (κ3) is 3.62. The molecular formula is C30H50O3. The van der Waals surface area contributed by atoms with Crippen LogP contribution in [0.15, 0.2) is 23.3 Å². The highest BCUT2D eigenvalue weighted by Crippen LogP contribution is 2.72. The van der Waals surface area contributed by atoms with Gasteiger partial charge in [-0.25, -0.2) is 0 Å². The molecule has 0 aromatic rings. The number of rotatable bonds is 5. The minimum Gasteiger partial charge on any atom is -0.396 e. The molecule has 0 unspecified atom stereocenters. The van der Waals surface area contributed by atoms with Crippen molar-refractivity contribution in [3.63, 3.8) is 0 Å². The molecule has 0 aromatic heterocycles. The zero-order valence-corrected chi connectivity index (χ0v) is 22.3. The summed E-state index contributed by atoms with van der Waals surface area (Å²) in [5.74, 6) is 1.39. The smallest absolute Gasteiger partial charge is 0.0749 e. The zero-order valence-electron chi connectivity index (χ0n) is 22.3. The molecule has 3 heteroatoms. The highest BCUT2D eigenvalue weighted by molar-refractivity contribution is 5.38. The highest BCUT2D eigenvalue weighted by atomic mass is 16.3. The Morgan fingerprint density at radius 2 is 1.61 bits per heavy atom. The van der Waals surface area contributed by atoms with Crippen molar-refractivity contribution >= 4 is 0 Å². The second kappa shape index (κ2) is 8.49. The van der Waals surface area contributed by atoms with Crippen LogP contribution in [-0.2, 0) is 0 Å². The SMILES string of the molecule is C[C@@H]([C@H]1CC[C@@]2(C)C3=C(CC[C@]12C)[C@@]1(C)CC[C@H](O)C(C)(C)[C@@H]1CC3)[C@@H](O)/C=C/[C@@H](C)CO. The third-order valence-electron chi connectivity index (χ3n) is 11.9. The first-order chi connectivity index (χ1) is 15.3. The normalized spacial score (nSPS) is 45.3. The fraction of sp³-hybridized carbons (Fsp3) is 0.867. The molecule has 0 spiro atoms. The molecule has 2 saturated carbocycles. The van der Waals surface area contributed by atoms with Crippen LogP contribution >= 0.6 is 0 Å². The third-order valence-corrected chi connectivity index (χ3v) is 11.9. The van der Waals surface area contributed by atoms with Crippen molar-refractivity contribution in [1.82, 2.24) is 0 Å². The summed E-state index contributed by atoms with van der Waals surface area (Å²) in [5, 5.41) is 31.2. The van der Waals surface area contributed by atoms with Gasteiger partial charge in [0.1, 0.15) is 0 Å². The summed E-state index contributed by atoms with van der Waals surface area (Å²) >= 11 is 0. The molecule has 4 aliphatic rings. The summed E-state index contributed by atoms with van der Waals surface area (Å²) in [6.45, 7) is 16.6. The molecule has 2 fully saturated rings. The standard InChI is InChI=1S/C30H50O3/c1-19(18-31)8-10-24(32)20(2)21-12-16-30(7)23-9-11-25-27(3,4)26(33)14-15-28(25,5)22(23)13-17-29(21,30)6/h8,10,19-21,24-26,31-33H,9,11-18H2,1-7H3/b10-8+/t19-,20+,21-,24+,25+,26+,28-,29-,30+/m1/s1. The van der Waals surface area contributed by atoms with Crippen molar-refractivity contribution in [2.24, 2.45) is 45.3 Å². The van der Waals surface area contributed by atoms with E-state index in [4.69, 9.17) is 0 Å². The lowest BCUT2D eigenvalue weighted by Gasteiger charge is -2.62. The monoisotopic (exact) mass is 458 g/mol. The Morgan fingerprint density at radius 1 is 0.909 bits per heavy atom. The predicted molar refractivity (Wildman–Crippen MR) is 136 cm³/mol. The van der Waals surface area contributed by atoms with Gasteiger partial charge in [-0.2, -0.15) is 0 Å². The molecule has 9 atom stereocenters. The van der Waals surface area contributed by atoms with Crippen LogP contribution in [0, 0.1) is 45.3 Å². The van der Waals surface area contributed by atoms with Gasteiger partial charge in [-0.05, 0) is 96.7 Å². The molecule has 0 aliphatic heterocycles. The summed E-state index contributed by atoms with van der Waals surface area (Å²) in [5.41, 5.74) is 4.17. The number of allylic oxidation sites excluding steroid dienone is 2. The maximum absolute atomic E-state index is 11.0. The van der Waals surface area contributed by atoms with Gasteiger partial charge in [0.25, 0.3) is 0 Å². The van der Waals surface area contributed by atoms with E-state index in [9.17, 15) is 15.3 Å². The molecule has 4 aliphatic carbocycles. The maximum Gasteiger partial charge on any atom is 0.0749 e. The van der Waals surface area contributed by atoms with E-state index < -0.39 is 6.10 Å². The summed E-state index contributed by atoms with van der Waals surface area (Å²) in [7, 11) is 0. The molecular weight excluding hydrogens is 408 g/mol. The van der Waals surface area contributed by atoms with Crippen LogP contribution in [0.3, 0.4) is 0 Å². The van der Waals surface area contributed by atoms with Gasteiger partial charge in [0.15, 0.2) is 0 Å². The number of fused-ring (bicyclic) bond motifs is 4. The quantitative estimate of drug-likeness (QED) is 0.425. The van der Waals surface area contributed by atoms with Gasteiger partial charge < -0.3 is 15.3 Å². The van der Waals surface area contributed by atoms with Crippen LogP contribution in [0.1, 0.15) is 99.8 Å². The van der Waals surface area contributed by atoms with Crippen LogP contribution in [0.5, 0.6) is 0 Å². The van der Waals surface area contributed by atoms with Crippen LogP contribution in [0.2, 0.25) is 0 Å². The minimum atomic E-state index is -0.451. The predicted octanol–water partition coefficient (Wildman–Crippen LogP) is 6.28. The first-order valence-electron chi connectivity index (χ1n) is 13.7. The Morgan fingerprint density at radius 3 is 2.27 bits per heavy atom. The van der Waals surface area contributed by atoms with E-state index >= 15 is 0 Å². The van der Waals surface area contributed by atoms with Crippen molar-refractivity contribution in [1.29, 1.82) is 0 Å². The van der Waals surface area contributed by atoms with E-state index in [1.54, 1.807) is 11.1 Å². The first-order valence-corrected chi connectivity index (χ1v) is 13.7. The van der Waals surface area contributed by atoms with Crippen LogP contribution in [0.4, 0.5) is 0 Å². The lowest BCUT2D eigenvalue weighted by atomic mass is 9.43. The van der Waals surface area contributed by atoms with E-state index in [1.807, 2.05) is 19.1 Å². The van der Waals surface area contributed by atoms with Crippen LogP contribution in [0.25, 0.3) is 0 Å². The van der Waals surface area contributed by atoms with E-state index in [1.165, 1.54) is 38.5 Å². The van der Waals surface area contributed by atoms with Crippen molar-refractivity contribution in [2.75, 3.05) is 6.61 Å². The van der Waals surface area contributed by atoms with Crippen LogP contribution < -0.4 is 0 Å². The molecule has 33 heavy (non-hydrogen) atoms. The molecule has 0 saturated heterocycles. The molecule has 0 heterocycles. The largest absolute Gasteiger partial charge is 0.396 e. The number of hydrogen-bond acceptors (Lipinski definition) is 3. The maximum atomic E-state index is 11.0. The van der Waals surface area contributed by atoms with Gasteiger partial charge in [0.05, 0.1) is 12.2 Å². The van der Waals surface area contributed by atoms with Crippen LogP contribution in [-0.4, -0.2) is 34.1 Å². The molecule has 0 aromatic carbocycles. The van der Waals surface area contributed by atoms with Gasteiger partial charge in [-0.1, -0.05) is 71.8 Å². The van der Waals surface area contributed by atoms with E-state index in [0.29, 0.717) is 11.8 Å². The molecule has 0 bridgehead atoms. The van der Waals surface area contributed by atoms with Gasteiger partial charge in [0.2, 0.25) is 0 Å². The Kier molecular flexibility index (Phi) is 6.55. The summed E-state index contributed by atoms with van der Waals surface area (Å²) in [6, 6.07) is 0. The first kappa shape index (κ1) is 25.5. The Bertz CT molecular complexity index is 811. The second-order valence-corrected chi connectivity index (χ2v) is 13.6. The number of hydrogen-bond donors (Lipinski definition) is 3. The fourth-order valence-corrected chi connectivity index (χ4v) is 9.34. The van der Waals surface area contributed by atoms with Crippen molar-refractivity contribution in [2.45, 2.75) is 112 Å². The van der Waals surface area contributed by atoms with Crippen molar-refractivity contribution in [3.05, 3.63) is 23.3 Å². The van der Waals surface area contributed by atoms with Gasteiger partial charge in [0, 0.05) is 6.61 Å². The molecule has 3 nitrogen and oxygen atoms in total. The number of aliphatic hydroxyl groups excluding tert-OH is 3. The average molecular weight is 459 g/mol. The zero-order chi connectivity index (χ0) is 24.4. The molecule has 0 amide bonds. The molecule has 0 radical (unpaired) electrons. The summed E-state index contributed by atoms with van der Waals surface area (Å²) < 4.78 is 0. The lowest BCUT2D eigenvalue weighted by molar-refractivity contribution is -0.0967. The summed E-state index contributed by atoms with van der Waals surface area (Å²) in [4.78, 5) is 0. The van der Waals surface area contributed by atoms with Gasteiger partial charge in [-0.3, -0.25) is 0 Å².